The number of nitrogens with zero attached hydrogens (tertiary/aromatic N) is 4. The van der Waals surface area contributed by atoms with Gasteiger partial charge in [-0.3, -0.25) is 0 Å². The Kier molecular flexibility index (Phi) is 5.57. The summed E-state index contributed by atoms with van der Waals surface area (Å²) in [5.74, 6) is 2.74. The zero-order valence-corrected chi connectivity index (χ0v) is 20.1. The minimum atomic E-state index is -0.502. The van der Waals surface area contributed by atoms with Gasteiger partial charge in [-0.1, -0.05) is 42.3 Å². The molecule has 0 radical (unpaired) electrons. The van der Waals surface area contributed by atoms with Gasteiger partial charge in [0.1, 0.15) is 17.4 Å². The number of methoxy groups -OCH3 is 1. The molecule has 1 fully saturated rings. The molecule has 5 aromatic rings. The predicted molar refractivity (Wildman–Crippen MR) is 142 cm³/mol. The van der Waals surface area contributed by atoms with Gasteiger partial charge in [0.05, 0.1) is 29.3 Å². The monoisotopic (exact) mass is 490 g/mol. The largest absolute Gasteiger partial charge is 0.508 e. The summed E-state index contributed by atoms with van der Waals surface area (Å²) in [6, 6.07) is 18.7. The van der Waals surface area contributed by atoms with Gasteiger partial charge in [0.2, 0.25) is 0 Å². The van der Waals surface area contributed by atoms with Crippen molar-refractivity contribution in [2.75, 3.05) is 18.6 Å². The van der Waals surface area contributed by atoms with Gasteiger partial charge in [0.15, 0.2) is 0 Å². The maximum absolute atomic E-state index is 14.7. The minimum Gasteiger partial charge on any atom is -0.508 e. The van der Waals surface area contributed by atoms with Crippen molar-refractivity contribution in [3.8, 4) is 35.4 Å². The number of aromatic hydroxyl groups is 1. The molecule has 1 aliphatic rings. The molecule has 3 heterocycles. The van der Waals surface area contributed by atoms with Crippen LogP contribution in [0.4, 0.5) is 10.2 Å². The first kappa shape index (κ1) is 22.7. The van der Waals surface area contributed by atoms with Gasteiger partial charge >= 0.3 is 6.01 Å². The number of pyridine rings is 1. The van der Waals surface area contributed by atoms with E-state index >= 15 is 0 Å². The van der Waals surface area contributed by atoms with E-state index in [9.17, 15) is 9.50 Å². The number of phenols is 1. The zero-order valence-electron chi connectivity index (χ0n) is 20.1. The van der Waals surface area contributed by atoms with Gasteiger partial charge in [-0.05, 0) is 48.1 Å². The van der Waals surface area contributed by atoms with E-state index in [2.05, 4.69) is 32.9 Å². The summed E-state index contributed by atoms with van der Waals surface area (Å²) in [6.45, 7) is 0.833. The predicted octanol–water partition coefficient (Wildman–Crippen LogP) is 5.50. The van der Waals surface area contributed by atoms with Crippen molar-refractivity contribution in [2.45, 2.75) is 18.9 Å². The van der Waals surface area contributed by atoms with Crippen LogP contribution in [0.3, 0.4) is 0 Å². The first-order valence-corrected chi connectivity index (χ1v) is 12.0. The average molecular weight is 491 g/mol. The highest BCUT2D eigenvalue weighted by molar-refractivity contribution is 6.03. The number of ether oxygens (including phenoxy) is 1. The number of terminal acetylenes is 1. The molecule has 37 heavy (non-hydrogen) atoms. The lowest BCUT2D eigenvalue weighted by molar-refractivity contribution is 0.381. The van der Waals surface area contributed by atoms with E-state index in [-0.39, 0.29) is 23.4 Å². The van der Waals surface area contributed by atoms with Crippen molar-refractivity contribution in [3.63, 3.8) is 0 Å². The Morgan fingerprint density at radius 3 is 2.70 bits per heavy atom. The highest BCUT2D eigenvalue weighted by Crippen LogP contribution is 2.39. The van der Waals surface area contributed by atoms with E-state index in [1.165, 1.54) is 18.7 Å². The van der Waals surface area contributed by atoms with Crippen LogP contribution in [0.25, 0.3) is 32.9 Å². The third kappa shape index (κ3) is 3.97. The Balaban J connectivity index is 1.56. The number of benzene rings is 3. The second kappa shape index (κ2) is 9.07. The maximum Gasteiger partial charge on any atom is 0.316 e. The van der Waals surface area contributed by atoms with Crippen molar-refractivity contribution in [1.82, 2.24) is 15.0 Å². The number of rotatable bonds is 5. The fourth-order valence-electron chi connectivity index (χ4n) is 5.04. The molecule has 0 amide bonds. The lowest BCUT2D eigenvalue weighted by Crippen LogP contribution is -2.49. The number of fused-ring (bicyclic) bond motifs is 2. The van der Waals surface area contributed by atoms with Crippen molar-refractivity contribution in [1.29, 1.82) is 0 Å². The molecule has 3 aromatic carbocycles. The normalized spacial score (nSPS) is 14.9. The quantitative estimate of drug-likeness (QED) is 0.328. The molecule has 1 N–H and O–H groups in total. The van der Waals surface area contributed by atoms with E-state index in [1.54, 1.807) is 30.5 Å². The lowest BCUT2D eigenvalue weighted by atomic mass is 9.94. The lowest BCUT2D eigenvalue weighted by Gasteiger charge is -2.42. The topological polar surface area (TPSA) is 71.4 Å². The summed E-state index contributed by atoms with van der Waals surface area (Å²) < 4.78 is 20.0. The number of hydrogen-bond donors (Lipinski definition) is 1. The first-order chi connectivity index (χ1) is 18.1. The van der Waals surface area contributed by atoms with E-state index in [4.69, 9.17) is 16.1 Å². The van der Waals surface area contributed by atoms with Crippen molar-refractivity contribution in [3.05, 3.63) is 83.8 Å². The molecule has 0 aliphatic carbocycles. The van der Waals surface area contributed by atoms with E-state index in [1.807, 2.05) is 18.2 Å². The van der Waals surface area contributed by atoms with Gasteiger partial charge in [0, 0.05) is 29.7 Å². The Bertz CT molecular complexity index is 1700. The summed E-state index contributed by atoms with van der Waals surface area (Å²) in [7, 11) is 1.51. The Labute approximate surface area is 213 Å². The first-order valence-electron chi connectivity index (χ1n) is 12.0. The Morgan fingerprint density at radius 1 is 1.14 bits per heavy atom. The number of hydrogen-bond acceptors (Lipinski definition) is 6. The third-order valence-electron chi connectivity index (χ3n) is 6.92. The molecular formula is C30H23FN4O2. The highest BCUT2D eigenvalue weighted by atomic mass is 19.1. The fraction of sp³-hybridized carbons (Fsp3) is 0.167. The Morgan fingerprint density at radius 2 is 1.97 bits per heavy atom. The molecule has 182 valence electrons. The number of halogens is 1. The summed E-state index contributed by atoms with van der Waals surface area (Å²) in [5, 5.41) is 12.4. The molecule has 0 spiro atoms. The molecule has 2 aromatic heterocycles. The van der Waals surface area contributed by atoms with Crippen LogP contribution in [0, 0.1) is 18.2 Å². The van der Waals surface area contributed by atoms with Crippen LogP contribution in [0.15, 0.2) is 66.9 Å². The average Bonchev–Trinajstić information content (AvgIpc) is 2.91. The number of phenolic OH excluding ortho intramolecular Hbond substituents is 1. The van der Waals surface area contributed by atoms with Crippen LogP contribution in [0.1, 0.15) is 17.5 Å². The highest BCUT2D eigenvalue weighted by Gasteiger charge is 2.31. The molecule has 1 aliphatic heterocycles. The van der Waals surface area contributed by atoms with Crippen LogP contribution in [0.2, 0.25) is 0 Å². The fourth-order valence-corrected chi connectivity index (χ4v) is 5.04. The molecule has 7 heteroatoms. The van der Waals surface area contributed by atoms with Crippen LogP contribution >= 0.6 is 0 Å². The SMILES string of the molecule is C#Cc1c(F)ccc2cc(O)cc(-c3cc4nc(OC)ncc4c(N4CCC4Cc4ccccc4)n3)c12. The summed E-state index contributed by atoms with van der Waals surface area (Å²) in [5.41, 5.74) is 3.07. The molecule has 6 rings (SSSR count). The summed E-state index contributed by atoms with van der Waals surface area (Å²) >= 11 is 0. The van der Waals surface area contributed by atoms with Gasteiger partial charge < -0.3 is 14.7 Å². The molecule has 1 unspecified atom stereocenters. The molecule has 6 nitrogen and oxygen atoms in total. The smallest absolute Gasteiger partial charge is 0.316 e. The van der Waals surface area contributed by atoms with E-state index < -0.39 is 5.82 Å². The molecule has 1 saturated heterocycles. The van der Waals surface area contributed by atoms with Crippen molar-refractivity contribution < 1.29 is 14.2 Å². The summed E-state index contributed by atoms with van der Waals surface area (Å²) in [6.07, 6.45) is 9.34. The molecule has 1 atom stereocenters. The standard InChI is InChI=1S/C30H23FN4O2/c1-3-22-25(31)10-9-19-14-21(36)15-23(28(19)22)26-16-27-24(17-32-30(34-27)37-2)29(33-26)35-12-11-20(35)13-18-7-5-4-6-8-18/h1,4-10,14-17,20,36H,11-13H2,2H3. The van der Waals surface area contributed by atoms with Gasteiger partial charge in [0.25, 0.3) is 0 Å². The van der Waals surface area contributed by atoms with Crippen LogP contribution in [0.5, 0.6) is 11.8 Å². The van der Waals surface area contributed by atoms with Gasteiger partial charge in [-0.25, -0.2) is 14.4 Å². The van der Waals surface area contributed by atoms with Crippen LogP contribution < -0.4 is 9.64 Å². The second-order valence-electron chi connectivity index (χ2n) is 9.10. The van der Waals surface area contributed by atoms with E-state index in [0.29, 0.717) is 27.5 Å². The molecule has 0 saturated carbocycles. The number of anilines is 1. The minimum absolute atomic E-state index is 0.0340. The molecule has 0 bridgehead atoms. The molecular weight excluding hydrogens is 467 g/mol. The summed E-state index contributed by atoms with van der Waals surface area (Å²) in [4.78, 5) is 16.2. The van der Waals surface area contributed by atoms with Crippen molar-refractivity contribution in [2.24, 2.45) is 0 Å². The van der Waals surface area contributed by atoms with Crippen molar-refractivity contribution >= 4 is 27.5 Å². The Hall–Kier alpha value is -4.70. The van der Waals surface area contributed by atoms with Gasteiger partial charge in [-0.2, -0.15) is 4.98 Å². The second-order valence-corrected chi connectivity index (χ2v) is 9.10. The maximum atomic E-state index is 14.7. The van der Waals surface area contributed by atoms with Gasteiger partial charge in [-0.15, -0.1) is 6.42 Å². The van der Waals surface area contributed by atoms with Crippen LogP contribution in [-0.4, -0.2) is 39.8 Å². The van der Waals surface area contributed by atoms with E-state index in [0.717, 1.165) is 30.6 Å². The zero-order chi connectivity index (χ0) is 25.5. The number of aromatic nitrogens is 3. The van der Waals surface area contributed by atoms with Crippen LogP contribution in [-0.2, 0) is 6.42 Å². The third-order valence-corrected chi connectivity index (χ3v) is 6.92.